The number of aromatic nitrogens is 2. The number of likely N-dealkylation sites (N-methyl/N-ethyl adjacent to an activating group) is 1. The minimum absolute atomic E-state index is 0.168. The van der Waals surface area contributed by atoms with E-state index in [4.69, 9.17) is 5.10 Å². The lowest BCUT2D eigenvalue weighted by Crippen LogP contribution is -2.55. The number of fused-ring (bicyclic) bond motifs is 1. The van der Waals surface area contributed by atoms with E-state index in [9.17, 15) is 22.8 Å². The Morgan fingerprint density at radius 3 is 2.45 bits per heavy atom. The Morgan fingerprint density at radius 1 is 1.08 bits per heavy atom. The van der Waals surface area contributed by atoms with Crippen molar-refractivity contribution in [2.24, 2.45) is 0 Å². The van der Waals surface area contributed by atoms with E-state index in [-0.39, 0.29) is 11.5 Å². The van der Waals surface area contributed by atoms with E-state index in [2.05, 4.69) is 5.32 Å². The fraction of sp³-hybridized carbons (Fsp3) is 0.250. The zero-order chi connectivity index (χ0) is 27.2. The minimum atomic E-state index is -4.59. The molecule has 2 aromatic carbocycles. The van der Waals surface area contributed by atoms with Crippen LogP contribution < -0.4 is 10.2 Å². The zero-order valence-corrected chi connectivity index (χ0v) is 21.7. The van der Waals surface area contributed by atoms with Gasteiger partial charge in [-0.15, -0.1) is 11.3 Å². The van der Waals surface area contributed by atoms with Gasteiger partial charge in [0.05, 0.1) is 16.9 Å². The molecule has 0 saturated carbocycles. The summed E-state index contributed by atoms with van der Waals surface area (Å²) >= 11 is 1.52. The Bertz CT molecular complexity index is 1510. The molecule has 196 valence electrons. The van der Waals surface area contributed by atoms with Gasteiger partial charge in [0.1, 0.15) is 11.9 Å². The normalized spacial score (nSPS) is 17.4. The number of amides is 2. The van der Waals surface area contributed by atoms with Crippen LogP contribution in [0.15, 0.2) is 66.0 Å². The van der Waals surface area contributed by atoms with Gasteiger partial charge >= 0.3 is 6.18 Å². The summed E-state index contributed by atoms with van der Waals surface area (Å²) in [5, 5.41) is 9.48. The second kappa shape index (κ2) is 9.75. The van der Waals surface area contributed by atoms with Crippen molar-refractivity contribution in [1.82, 2.24) is 15.1 Å². The van der Waals surface area contributed by atoms with Crippen LogP contribution in [0.3, 0.4) is 0 Å². The molecule has 38 heavy (non-hydrogen) atoms. The Morgan fingerprint density at radius 2 is 1.82 bits per heavy atom. The highest BCUT2D eigenvalue weighted by atomic mass is 32.1. The van der Waals surface area contributed by atoms with Gasteiger partial charge in [0, 0.05) is 28.5 Å². The third-order valence-electron chi connectivity index (χ3n) is 6.80. The molecule has 0 aliphatic carbocycles. The molecule has 0 saturated heterocycles. The van der Waals surface area contributed by atoms with E-state index in [0.717, 1.165) is 33.8 Å². The number of anilines is 1. The average molecular weight is 539 g/mol. The molecule has 6 nitrogen and oxygen atoms in total. The molecule has 2 atom stereocenters. The van der Waals surface area contributed by atoms with E-state index in [0.29, 0.717) is 18.1 Å². The average Bonchev–Trinajstić information content (AvgIpc) is 3.47. The molecule has 4 aromatic rings. The molecule has 0 spiro atoms. The van der Waals surface area contributed by atoms with Crippen LogP contribution in [0.4, 0.5) is 19.0 Å². The third-order valence-corrected chi connectivity index (χ3v) is 7.66. The third kappa shape index (κ3) is 4.38. The largest absolute Gasteiger partial charge is 0.416 e. The highest BCUT2D eigenvalue weighted by molar-refractivity contribution is 7.10. The first-order valence-corrected chi connectivity index (χ1v) is 13.0. The van der Waals surface area contributed by atoms with Crippen molar-refractivity contribution in [3.8, 4) is 5.69 Å². The lowest BCUT2D eigenvalue weighted by atomic mass is 9.81. The van der Waals surface area contributed by atoms with Crippen LogP contribution >= 0.6 is 11.3 Å². The lowest BCUT2D eigenvalue weighted by Gasteiger charge is -2.38. The zero-order valence-electron chi connectivity index (χ0n) is 20.9. The van der Waals surface area contributed by atoms with Crippen molar-refractivity contribution in [1.29, 1.82) is 0 Å². The smallest absolute Gasteiger partial charge is 0.339 e. The topological polar surface area (TPSA) is 67.2 Å². The molecule has 0 unspecified atom stereocenters. The molecule has 1 N–H and O–H groups in total. The van der Waals surface area contributed by atoms with Crippen LogP contribution in [-0.4, -0.2) is 34.2 Å². The van der Waals surface area contributed by atoms with Gasteiger partial charge in [-0.05, 0) is 68.1 Å². The number of alkyl halides is 3. The number of halogens is 3. The Labute approximate surface area is 221 Å². The van der Waals surface area contributed by atoms with Crippen molar-refractivity contribution in [3.63, 3.8) is 0 Å². The van der Waals surface area contributed by atoms with Gasteiger partial charge in [0.25, 0.3) is 11.8 Å². The predicted molar refractivity (Wildman–Crippen MR) is 140 cm³/mol. The number of nitrogens with zero attached hydrogens (tertiary/aromatic N) is 3. The van der Waals surface area contributed by atoms with Gasteiger partial charge in [-0.3, -0.25) is 14.5 Å². The number of nitrogens with one attached hydrogen (secondary N) is 1. The summed E-state index contributed by atoms with van der Waals surface area (Å²) in [5.74, 6) is -1.05. The van der Waals surface area contributed by atoms with E-state index >= 15 is 0 Å². The fourth-order valence-electron chi connectivity index (χ4n) is 5.05. The molecule has 3 heterocycles. The number of hydrogen-bond acceptors (Lipinski definition) is 4. The van der Waals surface area contributed by atoms with Gasteiger partial charge in [0.2, 0.25) is 0 Å². The number of carbonyl (C=O) groups excluding carboxylic acids is 2. The summed E-state index contributed by atoms with van der Waals surface area (Å²) in [6, 6.07) is 14.6. The number of hydrogen-bond donors (Lipinski definition) is 1. The molecule has 1 aliphatic rings. The fourth-order valence-corrected chi connectivity index (χ4v) is 5.80. The number of para-hydroxylation sites is 1. The number of aryl methyl sites for hydroxylation is 2. The van der Waals surface area contributed by atoms with Gasteiger partial charge in [-0.25, -0.2) is 4.68 Å². The molecule has 0 radical (unpaired) electrons. The van der Waals surface area contributed by atoms with Crippen LogP contribution in [-0.2, 0) is 11.0 Å². The second-order valence-electron chi connectivity index (χ2n) is 9.09. The summed E-state index contributed by atoms with van der Waals surface area (Å²) in [6.07, 6.45) is -4.59. The quantitative estimate of drug-likeness (QED) is 0.346. The minimum Gasteiger partial charge on any atom is -0.339 e. The standard InChI is InChI=1S/C28H25F3N4O2S/c1-4-34-26-22(16(2)33-35(26)20-11-6-5-7-12-20)23(21-13-14-38-17(21)3)24(27(34)37)32-25(36)18-9-8-10-19(15-18)28(29,30)31/h5-15,23-24H,4H2,1-3H3,(H,32,36)/t23-,24-/m0/s1. The maximum Gasteiger partial charge on any atom is 0.416 e. The maximum absolute atomic E-state index is 14.0. The number of carbonyl (C=O) groups is 2. The lowest BCUT2D eigenvalue weighted by molar-refractivity contribution is -0.137. The molecule has 2 amide bonds. The van der Waals surface area contributed by atoms with Crippen molar-refractivity contribution >= 4 is 29.0 Å². The number of thiophene rings is 1. The predicted octanol–water partition coefficient (Wildman–Crippen LogP) is 5.87. The Hall–Kier alpha value is -3.92. The van der Waals surface area contributed by atoms with Crippen molar-refractivity contribution in [2.75, 3.05) is 11.4 Å². The van der Waals surface area contributed by atoms with Crippen LogP contribution in [0.1, 0.15) is 50.5 Å². The molecule has 10 heteroatoms. The van der Waals surface area contributed by atoms with E-state index in [1.165, 1.54) is 23.5 Å². The maximum atomic E-state index is 14.0. The summed E-state index contributed by atoms with van der Waals surface area (Å²) in [5.41, 5.74) is 2.05. The summed E-state index contributed by atoms with van der Waals surface area (Å²) in [4.78, 5) is 29.9. The van der Waals surface area contributed by atoms with E-state index in [1.807, 2.05) is 62.5 Å². The molecular formula is C28H25F3N4O2S. The first kappa shape index (κ1) is 25.7. The second-order valence-corrected chi connectivity index (χ2v) is 10.2. The van der Waals surface area contributed by atoms with Gasteiger partial charge in [-0.1, -0.05) is 24.3 Å². The van der Waals surface area contributed by atoms with E-state index in [1.54, 1.807) is 9.58 Å². The Kier molecular flexibility index (Phi) is 6.60. The van der Waals surface area contributed by atoms with Crippen molar-refractivity contribution in [2.45, 2.75) is 38.9 Å². The molecule has 0 fully saturated rings. The molecule has 2 aromatic heterocycles. The van der Waals surface area contributed by atoms with Crippen LogP contribution in [0, 0.1) is 13.8 Å². The van der Waals surface area contributed by atoms with E-state index < -0.39 is 29.6 Å². The molecule has 1 aliphatic heterocycles. The number of benzene rings is 2. The van der Waals surface area contributed by atoms with Gasteiger partial charge in [0.15, 0.2) is 0 Å². The van der Waals surface area contributed by atoms with Crippen molar-refractivity contribution < 1.29 is 22.8 Å². The van der Waals surface area contributed by atoms with Crippen LogP contribution in [0.25, 0.3) is 5.69 Å². The summed E-state index contributed by atoms with van der Waals surface area (Å²) in [7, 11) is 0. The monoisotopic (exact) mass is 538 g/mol. The van der Waals surface area contributed by atoms with Crippen LogP contribution in [0.5, 0.6) is 0 Å². The first-order valence-electron chi connectivity index (χ1n) is 12.1. The highest BCUT2D eigenvalue weighted by Gasteiger charge is 2.46. The van der Waals surface area contributed by atoms with Crippen LogP contribution in [0.2, 0.25) is 0 Å². The highest BCUT2D eigenvalue weighted by Crippen LogP contribution is 2.45. The number of rotatable bonds is 5. The Balaban J connectivity index is 1.64. The SMILES string of the molecule is CCN1C(=O)[C@@H](NC(=O)c2cccc(C(F)(F)F)c2)[C@@H](c2ccsc2C)c2c(C)nn(-c3ccccc3)c21. The van der Waals surface area contributed by atoms with Gasteiger partial charge < -0.3 is 5.32 Å². The first-order chi connectivity index (χ1) is 18.1. The molecule has 0 bridgehead atoms. The van der Waals surface area contributed by atoms with Crippen molar-refractivity contribution in [3.05, 3.63) is 98.9 Å². The summed E-state index contributed by atoms with van der Waals surface area (Å²) < 4.78 is 41.6. The molecule has 5 rings (SSSR count). The molecular weight excluding hydrogens is 513 g/mol. The van der Waals surface area contributed by atoms with Gasteiger partial charge in [-0.2, -0.15) is 18.3 Å². The summed E-state index contributed by atoms with van der Waals surface area (Å²) in [6.45, 7) is 5.96.